The normalized spacial score (nSPS) is 15.4. The Kier molecular flexibility index (Phi) is 5.12. The summed E-state index contributed by atoms with van der Waals surface area (Å²) in [5, 5.41) is 5.23. The average molecular weight is 401 g/mol. The second-order valence-electron chi connectivity index (χ2n) is 7.33. The van der Waals surface area contributed by atoms with E-state index in [0.717, 1.165) is 29.8 Å². The van der Waals surface area contributed by atoms with Crippen molar-refractivity contribution in [2.75, 3.05) is 13.1 Å². The van der Waals surface area contributed by atoms with Crippen molar-refractivity contribution >= 4 is 16.8 Å². The summed E-state index contributed by atoms with van der Waals surface area (Å²) in [6, 6.07) is 8.50. The molecule has 152 valence electrons. The number of halogens is 2. The largest absolute Gasteiger partial charge is 0.337 e. The number of carbonyl (C=O) groups is 1. The quantitative estimate of drug-likeness (QED) is 0.674. The number of benzene rings is 1. The molecular weight excluding hydrogens is 380 g/mol. The maximum absolute atomic E-state index is 13.0. The van der Waals surface area contributed by atoms with Gasteiger partial charge >= 0.3 is 0 Å². The Hall–Kier alpha value is -3.10. The van der Waals surface area contributed by atoms with E-state index in [2.05, 4.69) is 10.1 Å². The number of aryl methyl sites for hydroxylation is 1. The number of rotatable bonds is 4. The molecule has 7 nitrogen and oxygen atoms in total. The van der Waals surface area contributed by atoms with Crippen LogP contribution in [-0.4, -0.2) is 43.2 Å². The molecule has 1 fully saturated rings. The molecule has 1 aliphatic rings. The molecule has 0 aliphatic carbocycles. The van der Waals surface area contributed by atoms with Crippen molar-refractivity contribution in [3.63, 3.8) is 0 Å². The monoisotopic (exact) mass is 401 g/mol. The SMILES string of the molecule is Cn1nc(C(=O)N2CCC(Cn3cnc(C(F)F)cc3=O)CC2)c2ccccc21. The molecule has 29 heavy (non-hydrogen) atoms. The minimum atomic E-state index is -2.76. The number of amides is 1. The third-order valence-electron chi connectivity index (χ3n) is 5.44. The summed E-state index contributed by atoms with van der Waals surface area (Å²) in [4.78, 5) is 30.4. The summed E-state index contributed by atoms with van der Waals surface area (Å²) < 4.78 is 28.3. The van der Waals surface area contributed by atoms with Crippen LogP contribution in [0.2, 0.25) is 0 Å². The van der Waals surface area contributed by atoms with Crippen LogP contribution in [0.5, 0.6) is 0 Å². The Labute approximate surface area is 165 Å². The molecule has 0 N–H and O–H groups in total. The zero-order chi connectivity index (χ0) is 20.5. The van der Waals surface area contributed by atoms with Crippen LogP contribution >= 0.6 is 0 Å². The summed E-state index contributed by atoms with van der Waals surface area (Å²) in [6.45, 7) is 1.53. The van der Waals surface area contributed by atoms with Crippen LogP contribution in [0.3, 0.4) is 0 Å². The average Bonchev–Trinajstić information content (AvgIpc) is 3.06. The first-order valence-electron chi connectivity index (χ1n) is 9.49. The van der Waals surface area contributed by atoms with Gasteiger partial charge in [0, 0.05) is 38.1 Å². The third kappa shape index (κ3) is 3.76. The van der Waals surface area contributed by atoms with Crippen molar-refractivity contribution < 1.29 is 13.6 Å². The van der Waals surface area contributed by atoms with Gasteiger partial charge in [0.05, 0.1) is 11.8 Å². The Bertz CT molecular complexity index is 1100. The number of piperidine rings is 1. The number of hydrogen-bond acceptors (Lipinski definition) is 4. The Balaban J connectivity index is 1.42. The molecule has 9 heteroatoms. The lowest BCUT2D eigenvalue weighted by molar-refractivity contribution is 0.0677. The van der Waals surface area contributed by atoms with Crippen LogP contribution < -0.4 is 5.56 Å². The number of aromatic nitrogens is 4. The number of hydrogen-bond donors (Lipinski definition) is 0. The van der Waals surface area contributed by atoms with Crippen molar-refractivity contribution in [3.05, 3.63) is 58.4 Å². The number of likely N-dealkylation sites (tertiary alicyclic amines) is 1. The standard InChI is InChI=1S/C20H21F2N5O2/c1-25-16-5-3-2-4-14(16)18(24-25)20(29)26-8-6-13(7-9-26)11-27-12-23-15(19(21)22)10-17(27)28/h2-5,10,12-13,19H,6-9,11H2,1H3. The fourth-order valence-electron chi connectivity index (χ4n) is 3.81. The van der Waals surface area contributed by atoms with Gasteiger partial charge in [-0.15, -0.1) is 0 Å². The molecule has 2 aromatic heterocycles. The van der Waals surface area contributed by atoms with Gasteiger partial charge in [-0.3, -0.25) is 18.8 Å². The zero-order valence-corrected chi connectivity index (χ0v) is 16.0. The van der Waals surface area contributed by atoms with Crippen LogP contribution in [0.1, 0.15) is 35.4 Å². The van der Waals surface area contributed by atoms with Gasteiger partial charge in [-0.1, -0.05) is 18.2 Å². The van der Waals surface area contributed by atoms with Crippen molar-refractivity contribution in [2.45, 2.75) is 25.8 Å². The molecule has 3 aromatic rings. The number of carbonyl (C=O) groups excluding carboxylic acids is 1. The Morgan fingerprint density at radius 3 is 2.66 bits per heavy atom. The number of fused-ring (bicyclic) bond motifs is 1. The molecule has 1 aliphatic heterocycles. The van der Waals surface area contributed by atoms with Crippen molar-refractivity contribution in [1.29, 1.82) is 0 Å². The fraction of sp³-hybridized carbons (Fsp3) is 0.400. The van der Waals surface area contributed by atoms with Gasteiger partial charge in [-0.2, -0.15) is 5.10 Å². The van der Waals surface area contributed by atoms with E-state index < -0.39 is 17.7 Å². The highest BCUT2D eigenvalue weighted by molar-refractivity contribution is 6.04. The zero-order valence-electron chi connectivity index (χ0n) is 16.0. The molecule has 0 bridgehead atoms. The van der Waals surface area contributed by atoms with Gasteiger partial charge in [0.25, 0.3) is 17.9 Å². The van der Waals surface area contributed by atoms with E-state index in [1.165, 1.54) is 10.9 Å². The second kappa shape index (κ2) is 7.73. The maximum Gasteiger partial charge on any atom is 0.280 e. The number of nitrogens with zero attached hydrogens (tertiary/aromatic N) is 5. The highest BCUT2D eigenvalue weighted by atomic mass is 19.3. The first-order chi connectivity index (χ1) is 13.9. The molecule has 3 heterocycles. The predicted octanol–water partition coefficient (Wildman–Crippen LogP) is 2.62. The molecule has 0 saturated carbocycles. The molecule has 0 radical (unpaired) electrons. The lowest BCUT2D eigenvalue weighted by atomic mass is 9.96. The van der Waals surface area contributed by atoms with Gasteiger partial charge in [0.2, 0.25) is 0 Å². The van der Waals surface area contributed by atoms with Gasteiger partial charge in [-0.25, -0.2) is 13.8 Å². The number of para-hydroxylation sites is 1. The van der Waals surface area contributed by atoms with Crippen molar-refractivity contribution in [2.24, 2.45) is 13.0 Å². The van der Waals surface area contributed by atoms with Crippen LogP contribution in [0, 0.1) is 5.92 Å². The molecule has 0 unspecified atom stereocenters. The van der Waals surface area contributed by atoms with Crippen LogP contribution in [-0.2, 0) is 13.6 Å². The van der Waals surface area contributed by atoms with Gasteiger partial charge in [-0.05, 0) is 24.8 Å². The Morgan fingerprint density at radius 2 is 1.97 bits per heavy atom. The molecule has 0 spiro atoms. The van der Waals surface area contributed by atoms with E-state index in [9.17, 15) is 18.4 Å². The highest BCUT2D eigenvalue weighted by Gasteiger charge is 2.27. The predicted molar refractivity (Wildman–Crippen MR) is 103 cm³/mol. The third-order valence-corrected chi connectivity index (χ3v) is 5.44. The smallest absolute Gasteiger partial charge is 0.280 e. The van der Waals surface area contributed by atoms with Gasteiger partial charge in [0.1, 0.15) is 5.69 Å². The molecule has 1 saturated heterocycles. The highest BCUT2D eigenvalue weighted by Crippen LogP contribution is 2.23. The van der Waals surface area contributed by atoms with E-state index in [-0.39, 0.29) is 11.8 Å². The lowest BCUT2D eigenvalue weighted by Crippen LogP contribution is -2.40. The van der Waals surface area contributed by atoms with Gasteiger partial charge < -0.3 is 4.90 Å². The molecule has 1 amide bonds. The second-order valence-corrected chi connectivity index (χ2v) is 7.33. The topological polar surface area (TPSA) is 73.0 Å². The number of alkyl halides is 2. The van der Waals surface area contributed by atoms with Crippen LogP contribution in [0.15, 0.2) is 41.5 Å². The Morgan fingerprint density at radius 1 is 1.24 bits per heavy atom. The molecular formula is C20H21F2N5O2. The summed E-state index contributed by atoms with van der Waals surface area (Å²) in [5.74, 6) is 0.0804. The van der Waals surface area contributed by atoms with E-state index in [1.54, 1.807) is 9.58 Å². The van der Waals surface area contributed by atoms with Crippen molar-refractivity contribution in [1.82, 2.24) is 24.2 Å². The first kappa shape index (κ1) is 19.2. The maximum atomic E-state index is 13.0. The summed E-state index contributed by atoms with van der Waals surface area (Å²) in [6.07, 6.45) is -0.130. The molecule has 4 rings (SSSR count). The van der Waals surface area contributed by atoms with Gasteiger partial charge in [0.15, 0.2) is 5.69 Å². The molecule has 0 atom stereocenters. The van der Waals surface area contributed by atoms with E-state index in [0.29, 0.717) is 25.3 Å². The summed E-state index contributed by atoms with van der Waals surface area (Å²) in [5.41, 5.74) is 0.373. The first-order valence-corrected chi connectivity index (χ1v) is 9.49. The lowest BCUT2D eigenvalue weighted by Gasteiger charge is -2.31. The molecule has 1 aromatic carbocycles. The van der Waals surface area contributed by atoms with E-state index in [1.807, 2.05) is 31.3 Å². The summed E-state index contributed by atoms with van der Waals surface area (Å²) in [7, 11) is 1.82. The van der Waals surface area contributed by atoms with E-state index in [4.69, 9.17) is 0 Å². The minimum Gasteiger partial charge on any atom is -0.337 e. The summed E-state index contributed by atoms with van der Waals surface area (Å²) >= 11 is 0. The van der Waals surface area contributed by atoms with Crippen LogP contribution in [0.25, 0.3) is 10.9 Å². The van der Waals surface area contributed by atoms with E-state index >= 15 is 0 Å². The fourth-order valence-corrected chi connectivity index (χ4v) is 3.81. The minimum absolute atomic E-state index is 0.0969. The van der Waals surface area contributed by atoms with Crippen LogP contribution in [0.4, 0.5) is 8.78 Å². The van der Waals surface area contributed by atoms with Crippen molar-refractivity contribution in [3.8, 4) is 0 Å².